The third-order valence-corrected chi connectivity index (χ3v) is 3.40. The standard InChI is InChI=1S/C16H25NO2/c1-13(2)11-19-12-15(18)10-17-9-5-7-14-6-3-4-8-16(14)17/h3-4,6,8,13,15,18H,5,7,9-12H2,1-2H3. The maximum absolute atomic E-state index is 10.1. The lowest BCUT2D eigenvalue weighted by Crippen LogP contribution is -2.38. The molecular weight excluding hydrogens is 238 g/mol. The average Bonchev–Trinajstić information content (AvgIpc) is 2.39. The fraction of sp³-hybridized carbons (Fsp3) is 0.625. The van der Waals surface area contributed by atoms with E-state index in [-0.39, 0.29) is 0 Å². The van der Waals surface area contributed by atoms with Crippen LogP contribution in [0, 0.1) is 5.92 Å². The minimum absolute atomic E-state index is 0.412. The van der Waals surface area contributed by atoms with Crippen molar-refractivity contribution < 1.29 is 9.84 Å². The lowest BCUT2D eigenvalue weighted by molar-refractivity contribution is 0.0290. The summed E-state index contributed by atoms with van der Waals surface area (Å²) in [6.07, 6.45) is 1.90. The molecule has 3 heteroatoms. The molecule has 1 aliphatic rings. The third-order valence-electron chi connectivity index (χ3n) is 3.40. The monoisotopic (exact) mass is 263 g/mol. The highest BCUT2D eigenvalue weighted by molar-refractivity contribution is 5.55. The Kier molecular flexibility index (Phi) is 5.23. The van der Waals surface area contributed by atoms with E-state index in [1.54, 1.807) is 0 Å². The number of anilines is 1. The van der Waals surface area contributed by atoms with Crippen LogP contribution in [0.3, 0.4) is 0 Å². The third kappa shape index (κ3) is 4.22. The molecule has 3 nitrogen and oxygen atoms in total. The molecule has 0 bridgehead atoms. The van der Waals surface area contributed by atoms with Gasteiger partial charge >= 0.3 is 0 Å². The van der Waals surface area contributed by atoms with Crippen LogP contribution in [0.4, 0.5) is 5.69 Å². The van der Waals surface area contributed by atoms with Crippen molar-refractivity contribution in [2.24, 2.45) is 5.92 Å². The van der Waals surface area contributed by atoms with Crippen molar-refractivity contribution in [3.8, 4) is 0 Å². The number of aryl methyl sites for hydroxylation is 1. The number of aliphatic hydroxyl groups excluding tert-OH is 1. The summed E-state index contributed by atoms with van der Waals surface area (Å²) in [5.74, 6) is 0.517. The van der Waals surface area contributed by atoms with Crippen LogP contribution in [0.25, 0.3) is 0 Å². The first-order valence-corrected chi connectivity index (χ1v) is 7.25. The quantitative estimate of drug-likeness (QED) is 0.856. The Balaban J connectivity index is 1.86. The molecule has 106 valence electrons. The van der Waals surface area contributed by atoms with E-state index in [0.717, 1.165) is 19.4 Å². The van der Waals surface area contributed by atoms with E-state index < -0.39 is 6.10 Å². The molecule has 0 spiro atoms. The zero-order chi connectivity index (χ0) is 13.7. The van der Waals surface area contributed by atoms with Gasteiger partial charge in [-0.25, -0.2) is 0 Å². The fourth-order valence-corrected chi connectivity index (χ4v) is 2.55. The SMILES string of the molecule is CC(C)COCC(O)CN1CCCc2ccccc21. The molecule has 1 aromatic rings. The minimum Gasteiger partial charge on any atom is -0.389 e. The molecule has 0 saturated carbocycles. The summed E-state index contributed by atoms with van der Waals surface area (Å²) in [6, 6.07) is 8.49. The van der Waals surface area contributed by atoms with Gasteiger partial charge in [0.25, 0.3) is 0 Å². The molecule has 0 amide bonds. The van der Waals surface area contributed by atoms with Crippen molar-refractivity contribution in [2.75, 3.05) is 31.2 Å². The Hall–Kier alpha value is -1.06. The predicted molar refractivity (Wildman–Crippen MR) is 78.6 cm³/mol. The highest BCUT2D eigenvalue weighted by atomic mass is 16.5. The summed E-state index contributed by atoms with van der Waals surface area (Å²) in [6.45, 7) is 7.07. The minimum atomic E-state index is -0.412. The normalized spacial score (nSPS) is 16.5. The molecule has 1 aromatic carbocycles. The highest BCUT2D eigenvalue weighted by Crippen LogP contribution is 2.26. The lowest BCUT2D eigenvalue weighted by atomic mass is 10.0. The van der Waals surface area contributed by atoms with E-state index >= 15 is 0 Å². The van der Waals surface area contributed by atoms with Crippen LogP contribution in [0.15, 0.2) is 24.3 Å². The highest BCUT2D eigenvalue weighted by Gasteiger charge is 2.18. The van der Waals surface area contributed by atoms with Gasteiger partial charge in [0.05, 0.1) is 12.7 Å². The molecule has 19 heavy (non-hydrogen) atoms. The number of aliphatic hydroxyl groups is 1. The maximum Gasteiger partial charge on any atom is 0.0947 e. The van der Waals surface area contributed by atoms with E-state index in [4.69, 9.17) is 4.74 Å². The van der Waals surface area contributed by atoms with Crippen molar-refractivity contribution in [1.82, 2.24) is 0 Å². The summed E-state index contributed by atoms with van der Waals surface area (Å²) in [5, 5.41) is 10.1. The number of hydrogen-bond donors (Lipinski definition) is 1. The van der Waals surface area contributed by atoms with E-state index in [1.807, 2.05) is 0 Å². The number of fused-ring (bicyclic) bond motifs is 1. The van der Waals surface area contributed by atoms with Gasteiger partial charge < -0.3 is 14.7 Å². The van der Waals surface area contributed by atoms with Crippen molar-refractivity contribution in [1.29, 1.82) is 0 Å². The van der Waals surface area contributed by atoms with Crippen LogP contribution >= 0.6 is 0 Å². The van der Waals surface area contributed by atoms with E-state index in [1.165, 1.54) is 11.3 Å². The molecule has 1 heterocycles. The molecule has 1 unspecified atom stereocenters. The number of nitrogens with zero attached hydrogens (tertiary/aromatic N) is 1. The van der Waals surface area contributed by atoms with Gasteiger partial charge in [-0.3, -0.25) is 0 Å². The number of hydrogen-bond acceptors (Lipinski definition) is 3. The first-order valence-electron chi connectivity index (χ1n) is 7.25. The molecule has 2 rings (SSSR count). The summed E-state index contributed by atoms with van der Waals surface area (Å²) >= 11 is 0. The van der Waals surface area contributed by atoms with Gasteiger partial charge in [-0.15, -0.1) is 0 Å². The van der Waals surface area contributed by atoms with Crippen molar-refractivity contribution in [2.45, 2.75) is 32.8 Å². The van der Waals surface area contributed by atoms with Crippen LogP contribution in [-0.4, -0.2) is 37.5 Å². The first-order chi connectivity index (χ1) is 9.16. The van der Waals surface area contributed by atoms with Crippen molar-refractivity contribution >= 4 is 5.69 Å². The van der Waals surface area contributed by atoms with Gasteiger partial charge in [-0.05, 0) is 30.4 Å². The fourth-order valence-electron chi connectivity index (χ4n) is 2.55. The van der Waals surface area contributed by atoms with E-state index in [2.05, 4.69) is 43.0 Å². The molecule has 1 N–H and O–H groups in total. The van der Waals surface area contributed by atoms with Crippen molar-refractivity contribution in [3.05, 3.63) is 29.8 Å². The summed E-state index contributed by atoms with van der Waals surface area (Å²) in [4.78, 5) is 2.28. The zero-order valence-corrected chi connectivity index (χ0v) is 12.0. The molecule has 1 atom stereocenters. The Bertz CT molecular complexity index is 392. The van der Waals surface area contributed by atoms with Gasteiger partial charge in [-0.1, -0.05) is 32.0 Å². The first kappa shape index (κ1) is 14.4. The molecule has 0 saturated heterocycles. The molecule has 0 radical (unpaired) electrons. The van der Waals surface area contributed by atoms with Gasteiger partial charge in [0.1, 0.15) is 0 Å². The Morgan fingerprint density at radius 2 is 2.05 bits per heavy atom. The smallest absolute Gasteiger partial charge is 0.0947 e. The van der Waals surface area contributed by atoms with Gasteiger partial charge in [0.15, 0.2) is 0 Å². The second kappa shape index (κ2) is 6.92. The van der Waals surface area contributed by atoms with Crippen LogP contribution in [0.1, 0.15) is 25.8 Å². The summed E-state index contributed by atoms with van der Waals surface area (Å²) in [5.41, 5.74) is 2.67. The van der Waals surface area contributed by atoms with Crippen LogP contribution < -0.4 is 4.90 Å². The molecule has 0 fully saturated rings. The molecule has 0 aliphatic carbocycles. The van der Waals surface area contributed by atoms with Crippen LogP contribution in [-0.2, 0) is 11.2 Å². The summed E-state index contributed by atoms with van der Waals surface area (Å²) in [7, 11) is 0. The topological polar surface area (TPSA) is 32.7 Å². The van der Waals surface area contributed by atoms with Gasteiger partial charge in [0, 0.05) is 25.4 Å². The number of ether oxygens (including phenoxy) is 1. The maximum atomic E-state index is 10.1. The number of β-amino-alcohol motifs (C(OH)–C–C–N with tert-alkyl or cyclic N) is 1. The van der Waals surface area contributed by atoms with Crippen LogP contribution in [0.2, 0.25) is 0 Å². The van der Waals surface area contributed by atoms with Crippen molar-refractivity contribution in [3.63, 3.8) is 0 Å². The average molecular weight is 263 g/mol. The van der Waals surface area contributed by atoms with Gasteiger partial charge in [0.2, 0.25) is 0 Å². The number of benzene rings is 1. The Morgan fingerprint density at radius 1 is 1.26 bits per heavy atom. The predicted octanol–water partition coefficient (Wildman–Crippen LogP) is 2.47. The van der Waals surface area contributed by atoms with E-state index in [9.17, 15) is 5.11 Å². The Morgan fingerprint density at radius 3 is 2.84 bits per heavy atom. The van der Waals surface area contributed by atoms with E-state index in [0.29, 0.717) is 25.7 Å². The zero-order valence-electron chi connectivity index (χ0n) is 12.0. The number of rotatable bonds is 6. The molecular formula is C16H25NO2. The summed E-state index contributed by atoms with van der Waals surface area (Å²) < 4.78 is 5.51. The second-order valence-electron chi connectivity index (χ2n) is 5.76. The Labute approximate surface area is 116 Å². The lowest BCUT2D eigenvalue weighted by Gasteiger charge is -2.32. The van der Waals surface area contributed by atoms with Crippen LogP contribution in [0.5, 0.6) is 0 Å². The second-order valence-corrected chi connectivity index (χ2v) is 5.76. The molecule has 0 aromatic heterocycles. The molecule has 1 aliphatic heterocycles. The van der Waals surface area contributed by atoms with Gasteiger partial charge in [-0.2, -0.15) is 0 Å². The number of para-hydroxylation sites is 1. The largest absolute Gasteiger partial charge is 0.389 e.